The molecule has 1 saturated heterocycles. The fourth-order valence-electron chi connectivity index (χ4n) is 2.91. The Morgan fingerprint density at radius 1 is 1.21 bits per heavy atom. The molecule has 2 aromatic rings. The minimum Gasteiger partial charge on any atom is -0.324 e. The first kappa shape index (κ1) is 14.1. The van der Waals surface area contributed by atoms with Crippen molar-refractivity contribution in [3.63, 3.8) is 0 Å². The quantitative estimate of drug-likeness (QED) is 0.781. The van der Waals surface area contributed by atoms with Crippen LogP contribution in [0.2, 0.25) is 0 Å². The average molecular weight is 259 g/mol. The highest BCUT2D eigenvalue weighted by molar-refractivity contribution is 5.77. The molecule has 0 bridgehead atoms. The molecule has 1 aromatic heterocycles. The number of aromatic nitrogens is 2. The van der Waals surface area contributed by atoms with Crippen molar-refractivity contribution in [3.05, 3.63) is 29.6 Å². The van der Waals surface area contributed by atoms with E-state index in [1.54, 1.807) is 0 Å². The van der Waals surface area contributed by atoms with Crippen molar-refractivity contribution in [2.75, 3.05) is 20.1 Å². The third-order valence-corrected chi connectivity index (χ3v) is 3.75. The fraction of sp³-hybridized carbons (Fsp3) is 0.562. The highest BCUT2D eigenvalue weighted by Crippen LogP contribution is 2.27. The van der Waals surface area contributed by atoms with Gasteiger partial charge in [-0.05, 0) is 51.6 Å². The van der Waals surface area contributed by atoms with Crippen molar-refractivity contribution in [3.8, 4) is 0 Å². The third-order valence-electron chi connectivity index (χ3n) is 3.75. The van der Waals surface area contributed by atoms with E-state index in [0.717, 1.165) is 17.9 Å². The molecule has 0 radical (unpaired) electrons. The second-order valence-electron chi connectivity index (χ2n) is 5.23. The normalized spacial score (nSPS) is 19.5. The van der Waals surface area contributed by atoms with Gasteiger partial charge in [0.05, 0.1) is 11.0 Å². The molecule has 1 atom stereocenters. The van der Waals surface area contributed by atoms with Gasteiger partial charge in [0.1, 0.15) is 5.82 Å². The summed E-state index contributed by atoms with van der Waals surface area (Å²) in [5.74, 6) is 1.14. The molecule has 1 unspecified atom stereocenters. The molecule has 3 heteroatoms. The standard InChI is InChI=1S/C14H19N3.C2H6/c1-10-4-5-13-14(8-10)17(11(2)15-13)12-6-7-16(3)9-12;1-2/h4-5,8,12H,6-7,9H2,1-3H3;1-2H3. The van der Waals surface area contributed by atoms with Gasteiger partial charge in [0.15, 0.2) is 0 Å². The van der Waals surface area contributed by atoms with E-state index < -0.39 is 0 Å². The molecule has 3 nitrogen and oxygen atoms in total. The molecule has 104 valence electrons. The van der Waals surface area contributed by atoms with Crippen LogP contribution in [-0.4, -0.2) is 34.6 Å². The predicted molar refractivity (Wildman–Crippen MR) is 81.7 cm³/mol. The van der Waals surface area contributed by atoms with E-state index in [9.17, 15) is 0 Å². The molecule has 0 aliphatic carbocycles. The molecule has 1 aliphatic heterocycles. The van der Waals surface area contributed by atoms with Gasteiger partial charge < -0.3 is 9.47 Å². The summed E-state index contributed by atoms with van der Waals surface area (Å²) in [7, 11) is 2.19. The Kier molecular flexibility index (Phi) is 4.25. The first-order chi connectivity index (χ1) is 9.15. The Hall–Kier alpha value is -1.35. The number of likely N-dealkylation sites (tertiary alicyclic amines) is 1. The largest absolute Gasteiger partial charge is 0.324 e. The maximum Gasteiger partial charge on any atom is 0.107 e. The zero-order chi connectivity index (χ0) is 14.0. The highest BCUT2D eigenvalue weighted by Gasteiger charge is 2.23. The maximum atomic E-state index is 4.67. The maximum absolute atomic E-state index is 4.67. The molecule has 1 aliphatic rings. The lowest BCUT2D eigenvalue weighted by Gasteiger charge is -2.15. The molecule has 1 fully saturated rings. The number of benzene rings is 1. The molecule has 0 spiro atoms. The Balaban J connectivity index is 0.000000637. The summed E-state index contributed by atoms with van der Waals surface area (Å²) in [5.41, 5.74) is 3.73. The van der Waals surface area contributed by atoms with E-state index in [1.807, 2.05) is 13.8 Å². The average Bonchev–Trinajstić information content (AvgIpc) is 2.94. The zero-order valence-electron chi connectivity index (χ0n) is 12.8. The summed E-state index contributed by atoms with van der Waals surface area (Å²) in [6.45, 7) is 10.6. The highest BCUT2D eigenvalue weighted by atomic mass is 15.2. The molecule has 1 aromatic carbocycles. The lowest BCUT2D eigenvalue weighted by Crippen LogP contribution is -2.17. The minimum atomic E-state index is 0.590. The van der Waals surface area contributed by atoms with Crippen molar-refractivity contribution in [1.82, 2.24) is 14.5 Å². The van der Waals surface area contributed by atoms with Crippen molar-refractivity contribution in [1.29, 1.82) is 0 Å². The van der Waals surface area contributed by atoms with Crippen molar-refractivity contribution >= 4 is 11.0 Å². The molecular weight excluding hydrogens is 234 g/mol. The van der Waals surface area contributed by atoms with Crippen LogP contribution in [0, 0.1) is 13.8 Å². The van der Waals surface area contributed by atoms with Crippen LogP contribution in [0.25, 0.3) is 11.0 Å². The van der Waals surface area contributed by atoms with E-state index in [1.165, 1.54) is 24.0 Å². The third kappa shape index (κ3) is 2.66. The lowest BCUT2D eigenvalue weighted by molar-refractivity contribution is 0.393. The van der Waals surface area contributed by atoms with Crippen LogP contribution in [-0.2, 0) is 0 Å². The lowest BCUT2D eigenvalue weighted by atomic mass is 10.2. The van der Waals surface area contributed by atoms with E-state index in [-0.39, 0.29) is 0 Å². The number of hydrogen-bond donors (Lipinski definition) is 0. The van der Waals surface area contributed by atoms with Gasteiger partial charge in [0.2, 0.25) is 0 Å². The topological polar surface area (TPSA) is 21.1 Å². The van der Waals surface area contributed by atoms with E-state index in [4.69, 9.17) is 0 Å². The van der Waals surface area contributed by atoms with Gasteiger partial charge in [-0.15, -0.1) is 0 Å². The first-order valence-electron chi connectivity index (χ1n) is 7.29. The van der Waals surface area contributed by atoms with Crippen molar-refractivity contribution in [2.45, 2.75) is 40.2 Å². The summed E-state index contributed by atoms with van der Waals surface area (Å²) in [5, 5.41) is 0. The van der Waals surface area contributed by atoms with Gasteiger partial charge in [-0.1, -0.05) is 19.9 Å². The van der Waals surface area contributed by atoms with Crippen LogP contribution in [0.5, 0.6) is 0 Å². The minimum absolute atomic E-state index is 0.590. The number of nitrogens with zero attached hydrogens (tertiary/aromatic N) is 3. The molecule has 2 heterocycles. The second-order valence-corrected chi connectivity index (χ2v) is 5.23. The van der Waals surface area contributed by atoms with Gasteiger partial charge in [0, 0.05) is 12.6 Å². The van der Waals surface area contributed by atoms with Crippen LogP contribution in [0.4, 0.5) is 0 Å². The Labute approximate surface area is 116 Å². The summed E-state index contributed by atoms with van der Waals surface area (Å²) < 4.78 is 2.42. The monoisotopic (exact) mass is 259 g/mol. The van der Waals surface area contributed by atoms with Gasteiger partial charge in [-0.3, -0.25) is 0 Å². The van der Waals surface area contributed by atoms with Gasteiger partial charge >= 0.3 is 0 Å². The van der Waals surface area contributed by atoms with E-state index in [0.29, 0.717) is 6.04 Å². The summed E-state index contributed by atoms with van der Waals surface area (Å²) in [6.07, 6.45) is 1.23. The van der Waals surface area contributed by atoms with Gasteiger partial charge in [-0.25, -0.2) is 4.98 Å². The molecule has 0 N–H and O–H groups in total. The van der Waals surface area contributed by atoms with Crippen LogP contribution in [0.1, 0.15) is 37.7 Å². The summed E-state index contributed by atoms with van der Waals surface area (Å²) in [6, 6.07) is 7.12. The SMILES string of the molecule is CC.Cc1ccc2nc(C)n(C3CCN(C)C3)c2c1. The Morgan fingerprint density at radius 3 is 2.58 bits per heavy atom. The zero-order valence-corrected chi connectivity index (χ0v) is 12.8. The molecule has 0 amide bonds. The van der Waals surface area contributed by atoms with Crippen LogP contribution >= 0.6 is 0 Å². The van der Waals surface area contributed by atoms with Crippen molar-refractivity contribution < 1.29 is 0 Å². The molecule has 3 rings (SSSR count). The number of fused-ring (bicyclic) bond motifs is 1. The van der Waals surface area contributed by atoms with Crippen LogP contribution < -0.4 is 0 Å². The Morgan fingerprint density at radius 2 is 1.95 bits per heavy atom. The van der Waals surface area contributed by atoms with E-state index >= 15 is 0 Å². The predicted octanol–water partition coefficient (Wildman–Crippen LogP) is 3.56. The van der Waals surface area contributed by atoms with Crippen LogP contribution in [0.3, 0.4) is 0 Å². The van der Waals surface area contributed by atoms with Crippen molar-refractivity contribution in [2.24, 2.45) is 0 Å². The summed E-state index contributed by atoms with van der Waals surface area (Å²) >= 11 is 0. The number of aryl methyl sites for hydroxylation is 2. The van der Waals surface area contributed by atoms with Gasteiger partial charge in [0.25, 0.3) is 0 Å². The van der Waals surface area contributed by atoms with Gasteiger partial charge in [-0.2, -0.15) is 0 Å². The number of rotatable bonds is 1. The number of likely N-dealkylation sites (N-methyl/N-ethyl adjacent to an activating group) is 1. The molecule has 0 saturated carbocycles. The molecule has 19 heavy (non-hydrogen) atoms. The first-order valence-corrected chi connectivity index (χ1v) is 7.29. The van der Waals surface area contributed by atoms with E-state index in [2.05, 4.69) is 53.5 Å². The Bertz CT molecular complexity index is 556. The van der Waals surface area contributed by atoms with Crippen LogP contribution in [0.15, 0.2) is 18.2 Å². The number of imidazole rings is 1. The number of hydrogen-bond acceptors (Lipinski definition) is 2. The summed E-state index contributed by atoms with van der Waals surface area (Å²) in [4.78, 5) is 7.06. The second kappa shape index (κ2) is 5.74. The smallest absolute Gasteiger partial charge is 0.107 e. The molecular formula is C16H25N3. The fourth-order valence-corrected chi connectivity index (χ4v) is 2.91.